The quantitative estimate of drug-likeness (QED) is 0.801. The van der Waals surface area contributed by atoms with E-state index in [9.17, 15) is 0 Å². The molecule has 0 radical (unpaired) electrons. The van der Waals surface area contributed by atoms with Gasteiger partial charge in [0.1, 0.15) is 0 Å². The van der Waals surface area contributed by atoms with Gasteiger partial charge in [0.2, 0.25) is 5.88 Å². The molecular weight excluding hydrogens is 192 g/mol. The monoisotopic (exact) mass is 208 g/mol. The number of hydrogen-bond acceptors (Lipinski definition) is 4. The standard InChI is InChI=1S/C11H16N2O2/c1-14-11-10(6-9(12)7-13-11)8-2-4-15-5-3-8/h6-8H,2-5,12H2,1H3. The third kappa shape index (κ3) is 2.21. The number of nitrogen functional groups attached to an aromatic ring is 1. The van der Waals surface area contributed by atoms with Gasteiger partial charge in [-0.2, -0.15) is 0 Å². The van der Waals surface area contributed by atoms with Crippen molar-refractivity contribution in [3.63, 3.8) is 0 Å². The van der Waals surface area contributed by atoms with Crippen molar-refractivity contribution in [2.24, 2.45) is 0 Å². The van der Waals surface area contributed by atoms with Crippen molar-refractivity contribution in [2.75, 3.05) is 26.1 Å². The summed E-state index contributed by atoms with van der Waals surface area (Å²) in [7, 11) is 1.64. The van der Waals surface area contributed by atoms with Crippen LogP contribution < -0.4 is 10.5 Å². The number of rotatable bonds is 2. The fourth-order valence-electron chi connectivity index (χ4n) is 1.96. The molecule has 2 heterocycles. The number of hydrogen-bond donors (Lipinski definition) is 1. The summed E-state index contributed by atoms with van der Waals surface area (Å²) >= 11 is 0. The molecule has 0 aromatic carbocycles. The van der Waals surface area contributed by atoms with E-state index in [1.54, 1.807) is 13.3 Å². The summed E-state index contributed by atoms with van der Waals surface area (Å²) in [5.74, 6) is 1.15. The normalized spacial score (nSPS) is 17.7. The lowest BCUT2D eigenvalue weighted by molar-refractivity contribution is 0.0847. The molecule has 1 aliphatic rings. The Hall–Kier alpha value is -1.29. The molecule has 0 bridgehead atoms. The largest absolute Gasteiger partial charge is 0.481 e. The highest BCUT2D eigenvalue weighted by molar-refractivity contribution is 5.44. The van der Waals surface area contributed by atoms with Gasteiger partial charge in [0.25, 0.3) is 0 Å². The predicted octanol–water partition coefficient (Wildman–Crippen LogP) is 1.57. The van der Waals surface area contributed by atoms with Gasteiger partial charge in [-0.25, -0.2) is 4.98 Å². The molecule has 0 aliphatic carbocycles. The van der Waals surface area contributed by atoms with E-state index in [0.717, 1.165) is 31.6 Å². The van der Waals surface area contributed by atoms with Crippen molar-refractivity contribution >= 4 is 5.69 Å². The predicted molar refractivity (Wildman–Crippen MR) is 58.0 cm³/mol. The number of methoxy groups -OCH3 is 1. The molecule has 0 saturated carbocycles. The van der Waals surface area contributed by atoms with Gasteiger partial charge in [0.05, 0.1) is 19.0 Å². The number of anilines is 1. The first-order valence-electron chi connectivity index (χ1n) is 5.18. The summed E-state index contributed by atoms with van der Waals surface area (Å²) in [6, 6.07) is 1.96. The summed E-state index contributed by atoms with van der Waals surface area (Å²) < 4.78 is 10.6. The third-order valence-electron chi connectivity index (χ3n) is 2.75. The fraction of sp³-hybridized carbons (Fsp3) is 0.545. The van der Waals surface area contributed by atoms with Gasteiger partial charge in [-0.3, -0.25) is 0 Å². The van der Waals surface area contributed by atoms with Gasteiger partial charge in [-0.1, -0.05) is 0 Å². The van der Waals surface area contributed by atoms with Crippen LogP contribution in [0.1, 0.15) is 24.3 Å². The minimum absolute atomic E-state index is 0.463. The van der Waals surface area contributed by atoms with Crippen molar-refractivity contribution in [2.45, 2.75) is 18.8 Å². The number of pyridine rings is 1. The average Bonchev–Trinajstić information content (AvgIpc) is 2.30. The van der Waals surface area contributed by atoms with E-state index in [-0.39, 0.29) is 0 Å². The minimum atomic E-state index is 0.463. The van der Waals surface area contributed by atoms with Crippen LogP contribution in [0.3, 0.4) is 0 Å². The van der Waals surface area contributed by atoms with Crippen LogP contribution in [0, 0.1) is 0 Å². The van der Waals surface area contributed by atoms with Gasteiger partial charge >= 0.3 is 0 Å². The van der Waals surface area contributed by atoms with Crippen LogP contribution in [-0.2, 0) is 4.74 Å². The number of nitrogens with two attached hydrogens (primary N) is 1. The van der Waals surface area contributed by atoms with E-state index >= 15 is 0 Å². The van der Waals surface area contributed by atoms with Crippen molar-refractivity contribution in [1.29, 1.82) is 0 Å². The summed E-state index contributed by atoms with van der Waals surface area (Å²) in [6.45, 7) is 1.62. The molecule has 0 unspecified atom stereocenters. The van der Waals surface area contributed by atoms with Crippen LogP contribution in [0.2, 0.25) is 0 Å². The van der Waals surface area contributed by atoms with Crippen LogP contribution in [0.25, 0.3) is 0 Å². The van der Waals surface area contributed by atoms with Crippen molar-refractivity contribution in [3.05, 3.63) is 17.8 Å². The van der Waals surface area contributed by atoms with E-state index in [1.165, 1.54) is 0 Å². The molecule has 0 spiro atoms. The maximum atomic E-state index is 5.74. The molecular formula is C11H16N2O2. The lowest BCUT2D eigenvalue weighted by Gasteiger charge is -2.23. The van der Waals surface area contributed by atoms with E-state index in [2.05, 4.69) is 4.98 Å². The molecule has 2 rings (SSSR count). The second-order valence-electron chi connectivity index (χ2n) is 3.75. The second kappa shape index (κ2) is 4.49. The van der Waals surface area contributed by atoms with Crippen LogP contribution in [0.15, 0.2) is 12.3 Å². The molecule has 15 heavy (non-hydrogen) atoms. The first-order valence-corrected chi connectivity index (χ1v) is 5.18. The molecule has 1 aromatic rings. The Kier molecular flexibility index (Phi) is 3.06. The molecule has 0 amide bonds. The lowest BCUT2D eigenvalue weighted by atomic mass is 9.92. The Morgan fingerprint density at radius 1 is 1.47 bits per heavy atom. The first-order chi connectivity index (χ1) is 7.31. The van der Waals surface area contributed by atoms with Crippen LogP contribution >= 0.6 is 0 Å². The van der Waals surface area contributed by atoms with Crippen molar-refractivity contribution < 1.29 is 9.47 Å². The van der Waals surface area contributed by atoms with Gasteiger partial charge in [0.15, 0.2) is 0 Å². The Morgan fingerprint density at radius 2 is 2.20 bits per heavy atom. The summed E-state index contributed by atoms with van der Waals surface area (Å²) in [6.07, 6.45) is 3.66. The highest BCUT2D eigenvalue weighted by atomic mass is 16.5. The third-order valence-corrected chi connectivity index (χ3v) is 2.75. The zero-order valence-corrected chi connectivity index (χ0v) is 8.90. The van der Waals surface area contributed by atoms with Gasteiger partial charge in [-0.05, 0) is 24.8 Å². The number of nitrogens with zero attached hydrogens (tertiary/aromatic N) is 1. The van der Waals surface area contributed by atoms with E-state index in [4.69, 9.17) is 15.2 Å². The topological polar surface area (TPSA) is 57.4 Å². The SMILES string of the molecule is COc1ncc(N)cc1C1CCOCC1. The zero-order chi connectivity index (χ0) is 10.7. The summed E-state index contributed by atoms with van der Waals surface area (Å²) in [5.41, 5.74) is 7.54. The van der Waals surface area contributed by atoms with Gasteiger partial charge in [-0.15, -0.1) is 0 Å². The summed E-state index contributed by atoms with van der Waals surface area (Å²) in [4.78, 5) is 4.18. The number of aromatic nitrogens is 1. The minimum Gasteiger partial charge on any atom is -0.481 e. The highest BCUT2D eigenvalue weighted by Gasteiger charge is 2.20. The van der Waals surface area contributed by atoms with E-state index in [1.807, 2.05) is 6.07 Å². The van der Waals surface area contributed by atoms with Crippen molar-refractivity contribution in [1.82, 2.24) is 4.98 Å². The van der Waals surface area contributed by atoms with Crippen LogP contribution in [-0.4, -0.2) is 25.3 Å². The lowest BCUT2D eigenvalue weighted by Crippen LogP contribution is -2.15. The molecule has 4 nitrogen and oxygen atoms in total. The maximum absolute atomic E-state index is 5.74. The summed E-state index contributed by atoms with van der Waals surface area (Å²) in [5, 5.41) is 0. The Balaban J connectivity index is 2.27. The molecule has 1 saturated heterocycles. The van der Waals surface area contributed by atoms with E-state index in [0.29, 0.717) is 17.5 Å². The van der Waals surface area contributed by atoms with Crippen molar-refractivity contribution in [3.8, 4) is 5.88 Å². The molecule has 2 N–H and O–H groups in total. The smallest absolute Gasteiger partial charge is 0.216 e. The Labute approximate surface area is 89.4 Å². The number of ether oxygens (including phenoxy) is 2. The second-order valence-corrected chi connectivity index (χ2v) is 3.75. The molecule has 1 fully saturated rings. The molecule has 1 aromatic heterocycles. The fourth-order valence-corrected chi connectivity index (χ4v) is 1.96. The highest BCUT2D eigenvalue weighted by Crippen LogP contribution is 2.33. The average molecular weight is 208 g/mol. The Morgan fingerprint density at radius 3 is 2.87 bits per heavy atom. The molecule has 0 atom stereocenters. The first kappa shape index (κ1) is 10.2. The van der Waals surface area contributed by atoms with E-state index < -0.39 is 0 Å². The van der Waals surface area contributed by atoms with Gasteiger partial charge < -0.3 is 15.2 Å². The molecule has 4 heteroatoms. The molecule has 82 valence electrons. The van der Waals surface area contributed by atoms with Crippen LogP contribution in [0.5, 0.6) is 5.88 Å². The molecule has 1 aliphatic heterocycles. The Bertz CT molecular complexity index is 335. The zero-order valence-electron chi connectivity index (χ0n) is 8.90. The van der Waals surface area contributed by atoms with Crippen LogP contribution in [0.4, 0.5) is 5.69 Å². The van der Waals surface area contributed by atoms with Gasteiger partial charge in [0, 0.05) is 18.8 Å². The maximum Gasteiger partial charge on any atom is 0.216 e.